The van der Waals surface area contributed by atoms with Crippen molar-refractivity contribution in [1.29, 1.82) is 0 Å². The number of amides is 1. The fourth-order valence-electron chi connectivity index (χ4n) is 2.94. The molecule has 0 aromatic heterocycles. The molecule has 0 atom stereocenters. The minimum atomic E-state index is -1.12. The van der Waals surface area contributed by atoms with E-state index in [4.69, 9.17) is 0 Å². The van der Waals surface area contributed by atoms with Gasteiger partial charge in [0, 0.05) is 6.04 Å². The van der Waals surface area contributed by atoms with Gasteiger partial charge >= 0.3 is 5.97 Å². The summed E-state index contributed by atoms with van der Waals surface area (Å²) in [5.74, 6) is -1.21. The van der Waals surface area contributed by atoms with Gasteiger partial charge in [-0.25, -0.2) is 0 Å². The van der Waals surface area contributed by atoms with E-state index in [1.807, 2.05) is 0 Å². The molecule has 0 spiro atoms. The molecule has 2 rings (SSSR count). The number of aliphatic carboxylic acids is 1. The summed E-state index contributed by atoms with van der Waals surface area (Å²) in [6.45, 7) is 4.49. The van der Waals surface area contributed by atoms with Crippen LogP contribution in [-0.2, 0) is 9.59 Å². The van der Waals surface area contributed by atoms with Crippen LogP contribution in [0.3, 0.4) is 0 Å². The molecule has 0 aliphatic heterocycles. The lowest BCUT2D eigenvalue weighted by Crippen LogP contribution is -2.54. The molecule has 1 amide bonds. The van der Waals surface area contributed by atoms with Gasteiger partial charge < -0.3 is 10.4 Å². The van der Waals surface area contributed by atoms with Gasteiger partial charge in [-0.05, 0) is 43.9 Å². The zero-order chi connectivity index (χ0) is 13.4. The minimum Gasteiger partial charge on any atom is -0.480 e. The molecule has 2 N–H and O–H groups in total. The summed E-state index contributed by atoms with van der Waals surface area (Å²) < 4.78 is 0. The molecule has 102 valence electrons. The molecule has 0 heterocycles. The molecule has 18 heavy (non-hydrogen) atoms. The van der Waals surface area contributed by atoms with E-state index in [-0.39, 0.29) is 11.9 Å². The van der Waals surface area contributed by atoms with Crippen LogP contribution in [0.1, 0.15) is 58.8 Å². The van der Waals surface area contributed by atoms with Crippen LogP contribution in [0.2, 0.25) is 0 Å². The van der Waals surface area contributed by atoms with Crippen molar-refractivity contribution in [2.24, 2.45) is 10.8 Å². The Labute approximate surface area is 108 Å². The fourth-order valence-corrected chi connectivity index (χ4v) is 2.94. The molecule has 2 aliphatic carbocycles. The maximum Gasteiger partial charge on any atom is 0.319 e. The van der Waals surface area contributed by atoms with Crippen LogP contribution in [0, 0.1) is 10.8 Å². The molecular formula is C14H23NO3. The summed E-state index contributed by atoms with van der Waals surface area (Å²) in [6.07, 6.45) is 5.95. The van der Waals surface area contributed by atoms with Crippen molar-refractivity contribution in [3.05, 3.63) is 0 Å². The predicted molar refractivity (Wildman–Crippen MR) is 68.1 cm³/mol. The van der Waals surface area contributed by atoms with Crippen molar-refractivity contribution in [3.63, 3.8) is 0 Å². The van der Waals surface area contributed by atoms with E-state index in [2.05, 4.69) is 19.2 Å². The number of carbonyl (C=O) groups excluding carboxylic acids is 1. The molecule has 0 saturated heterocycles. The molecule has 0 unspecified atom stereocenters. The van der Waals surface area contributed by atoms with Crippen LogP contribution >= 0.6 is 0 Å². The smallest absolute Gasteiger partial charge is 0.319 e. The average Bonchev–Trinajstić information content (AvgIpc) is 2.19. The van der Waals surface area contributed by atoms with Gasteiger partial charge in [-0.15, -0.1) is 0 Å². The Morgan fingerprint density at radius 2 is 1.67 bits per heavy atom. The van der Waals surface area contributed by atoms with Crippen molar-refractivity contribution < 1.29 is 14.7 Å². The van der Waals surface area contributed by atoms with Gasteiger partial charge in [0.1, 0.15) is 5.41 Å². The third-order valence-corrected chi connectivity index (χ3v) is 4.73. The van der Waals surface area contributed by atoms with E-state index >= 15 is 0 Å². The zero-order valence-electron chi connectivity index (χ0n) is 11.3. The second kappa shape index (κ2) is 4.56. The molecule has 0 aromatic carbocycles. The maximum atomic E-state index is 12.1. The van der Waals surface area contributed by atoms with Crippen LogP contribution < -0.4 is 5.32 Å². The summed E-state index contributed by atoms with van der Waals surface area (Å²) in [4.78, 5) is 23.4. The number of rotatable bonds is 3. The average molecular weight is 253 g/mol. The van der Waals surface area contributed by atoms with Crippen LogP contribution in [-0.4, -0.2) is 23.0 Å². The number of carbonyl (C=O) groups is 2. The van der Waals surface area contributed by atoms with Gasteiger partial charge in [-0.2, -0.15) is 0 Å². The van der Waals surface area contributed by atoms with E-state index in [0.29, 0.717) is 18.3 Å². The summed E-state index contributed by atoms with van der Waals surface area (Å²) in [7, 11) is 0. The molecule has 0 aromatic rings. The first-order valence-corrected chi connectivity index (χ1v) is 6.90. The van der Waals surface area contributed by atoms with Gasteiger partial charge in [0.15, 0.2) is 0 Å². The van der Waals surface area contributed by atoms with Crippen molar-refractivity contribution >= 4 is 11.9 Å². The number of carboxylic acids is 1. The van der Waals surface area contributed by atoms with Gasteiger partial charge in [-0.1, -0.05) is 20.3 Å². The molecule has 4 heteroatoms. The Morgan fingerprint density at radius 1 is 1.11 bits per heavy atom. The third-order valence-electron chi connectivity index (χ3n) is 4.73. The molecule has 0 bridgehead atoms. The highest BCUT2D eigenvalue weighted by Crippen LogP contribution is 2.42. The maximum absolute atomic E-state index is 12.1. The number of carboxylic acid groups (broad SMARTS) is 1. The highest BCUT2D eigenvalue weighted by atomic mass is 16.4. The van der Waals surface area contributed by atoms with Gasteiger partial charge in [0.25, 0.3) is 0 Å². The second-order valence-corrected chi connectivity index (χ2v) is 6.65. The van der Waals surface area contributed by atoms with E-state index in [1.54, 1.807) is 0 Å². The number of nitrogens with one attached hydrogen (secondary N) is 1. The minimum absolute atomic E-state index is 0.169. The third kappa shape index (κ3) is 2.38. The summed E-state index contributed by atoms with van der Waals surface area (Å²) >= 11 is 0. The molecular weight excluding hydrogens is 230 g/mol. The summed E-state index contributed by atoms with van der Waals surface area (Å²) in [5, 5.41) is 12.2. The van der Waals surface area contributed by atoms with Crippen LogP contribution in [0.25, 0.3) is 0 Å². The van der Waals surface area contributed by atoms with Gasteiger partial charge in [0.05, 0.1) is 0 Å². The Balaban J connectivity index is 1.90. The topological polar surface area (TPSA) is 66.4 Å². The lowest BCUT2D eigenvalue weighted by Gasteiger charge is -2.39. The number of hydrogen-bond donors (Lipinski definition) is 2. The molecule has 2 saturated carbocycles. The normalized spacial score (nSPS) is 26.1. The molecule has 2 fully saturated rings. The summed E-state index contributed by atoms with van der Waals surface area (Å²) in [5.41, 5.74) is -0.755. The SMILES string of the molecule is CC1(C)CCC(NC(=O)C2(C(=O)O)CCC2)CC1. The van der Waals surface area contributed by atoms with Gasteiger partial charge in [0.2, 0.25) is 5.91 Å². The standard InChI is InChI=1S/C14H23NO3/c1-13(2)8-4-10(5-9-13)15-11(16)14(12(17)18)6-3-7-14/h10H,3-9H2,1-2H3,(H,15,16)(H,17,18). The first kappa shape index (κ1) is 13.4. The predicted octanol–water partition coefficient (Wildman–Crippen LogP) is 2.33. The largest absolute Gasteiger partial charge is 0.480 e. The Bertz CT molecular complexity index is 348. The van der Waals surface area contributed by atoms with Crippen LogP contribution in [0.4, 0.5) is 0 Å². The summed E-state index contributed by atoms with van der Waals surface area (Å²) in [6, 6.07) is 0.169. The van der Waals surface area contributed by atoms with Crippen molar-refractivity contribution in [1.82, 2.24) is 5.32 Å². The lowest BCUT2D eigenvalue weighted by molar-refractivity contribution is -0.162. The van der Waals surface area contributed by atoms with E-state index in [9.17, 15) is 14.7 Å². The molecule has 0 radical (unpaired) electrons. The van der Waals surface area contributed by atoms with E-state index in [1.165, 1.54) is 0 Å². The van der Waals surface area contributed by atoms with Gasteiger partial charge in [-0.3, -0.25) is 9.59 Å². The highest BCUT2D eigenvalue weighted by molar-refractivity contribution is 6.02. The lowest BCUT2D eigenvalue weighted by atomic mass is 9.67. The van der Waals surface area contributed by atoms with E-state index < -0.39 is 11.4 Å². The fraction of sp³-hybridized carbons (Fsp3) is 0.857. The Kier molecular flexibility index (Phi) is 3.39. The van der Waals surface area contributed by atoms with Crippen LogP contribution in [0.15, 0.2) is 0 Å². The first-order valence-electron chi connectivity index (χ1n) is 6.90. The number of hydrogen-bond acceptors (Lipinski definition) is 2. The Hall–Kier alpha value is -1.06. The second-order valence-electron chi connectivity index (χ2n) is 6.65. The van der Waals surface area contributed by atoms with Crippen molar-refractivity contribution in [2.75, 3.05) is 0 Å². The first-order chi connectivity index (χ1) is 8.36. The van der Waals surface area contributed by atoms with E-state index in [0.717, 1.165) is 32.1 Å². The van der Waals surface area contributed by atoms with Crippen molar-refractivity contribution in [2.45, 2.75) is 64.8 Å². The zero-order valence-corrected chi connectivity index (χ0v) is 11.3. The molecule has 4 nitrogen and oxygen atoms in total. The highest BCUT2D eigenvalue weighted by Gasteiger charge is 2.51. The monoisotopic (exact) mass is 253 g/mol. The Morgan fingerprint density at radius 3 is 2.06 bits per heavy atom. The quantitative estimate of drug-likeness (QED) is 0.759. The van der Waals surface area contributed by atoms with Crippen molar-refractivity contribution in [3.8, 4) is 0 Å². The van der Waals surface area contributed by atoms with Crippen LogP contribution in [0.5, 0.6) is 0 Å². The molecule has 2 aliphatic rings.